The summed E-state index contributed by atoms with van der Waals surface area (Å²) in [6.45, 7) is 0. The Labute approximate surface area is 103 Å². The summed E-state index contributed by atoms with van der Waals surface area (Å²) >= 11 is 0. The Kier molecular flexibility index (Phi) is 3.80. The number of aliphatic hydroxyl groups is 1. The standard InChI is InChI=1S/C13H15F3O2/c14-13(15,16)18-10-7-5-9(6-8-10)11-3-1-2-4-12(11)17/h5-8,11-12,17H,1-4H2/t11-,12+/m0/s1. The molecule has 1 fully saturated rings. The van der Waals surface area contributed by atoms with Gasteiger partial charge >= 0.3 is 6.36 Å². The van der Waals surface area contributed by atoms with E-state index in [1.807, 2.05) is 0 Å². The lowest BCUT2D eigenvalue weighted by atomic mass is 9.82. The molecular weight excluding hydrogens is 245 g/mol. The van der Waals surface area contributed by atoms with Crippen LogP contribution in [0.2, 0.25) is 0 Å². The fourth-order valence-electron chi connectivity index (χ4n) is 2.42. The van der Waals surface area contributed by atoms with Gasteiger partial charge in [0.1, 0.15) is 5.75 Å². The van der Waals surface area contributed by atoms with Gasteiger partial charge in [0.15, 0.2) is 0 Å². The lowest BCUT2D eigenvalue weighted by molar-refractivity contribution is -0.274. The second kappa shape index (κ2) is 5.18. The molecule has 1 saturated carbocycles. The van der Waals surface area contributed by atoms with E-state index in [4.69, 9.17) is 0 Å². The van der Waals surface area contributed by atoms with Crippen LogP contribution in [0, 0.1) is 0 Å². The molecule has 1 aliphatic carbocycles. The molecule has 1 N–H and O–H groups in total. The topological polar surface area (TPSA) is 29.5 Å². The Balaban J connectivity index is 2.07. The average Bonchev–Trinajstić information content (AvgIpc) is 2.29. The van der Waals surface area contributed by atoms with Crippen LogP contribution < -0.4 is 4.74 Å². The highest BCUT2D eigenvalue weighted by atomic mass is 19.4. The van der Waals surface area contributed by atoms with Gasteiger partial charge in [0.2, 0.25) is 0 Å². The van der Waals surface area contributed by atoms with E-state index in [1.54, 1.807) is 12.1 Å². The molecule has 0 spiro atoms. The summed E-state index contributed by atoms with van der Waals surface area (Å²) in [7, 11) is 0. The van der Waals surface area contributed by atoms with Gasteiger partial charge < -0.3 is 9.84 Å². The smallest absolute Gasteiger partial charge is 0.406 e. The van der Waals surface area contributed by atoms with E-state index in [0.29, 0.717) is 0 Å². The summed E-state index contributed by atoms with van der Waals surface area (Å²) in [5.74, 6) is -0.199. The number of ether oxygens (including phenoxy) is 1. The van der Waals surface area contributed by atoms with Crippen LogP contribution in [0.5, 0.6) is 5.75 Å². The summed E-state index contributed by atoms with van der Waals surface area (Å²) in [5, 5.41) is 9.87. The summed E-state index contributed by atoms with van der Waals surface area (Å²) in [5.41, 5.74) is 0.872. The first-order valence-corrected chi connectivity index (χ1v) is 5.99. The van der Waals surface area contributed by atoms with Gasteiger partial charge in [-0.1, -0.05) is 25.0 Å². The highest BCUT2D eigenvalue weighted by Crippen LogP contribution is 2.34. The Hall–Kier alpha value is -1.23. The van der Waals surface area contributed by atoms with Gasteiger partial charge in [-0.05, 0) is 30.5 Å². The quantitative estimate of drug-likeness (QED) is 0.880. The lowest BCUT2D eigenvalue weighted by Gasteiger charge is -2.28. The van der Waals surface area contributed by atoms with Crippen LogP contribution in [0.25, 0.3) is 0 Å². The molecule has 0 aliphatic heterocycles. The first-order chi connectivity index (χ1) is 8.46. The molecule has 0 saturated heterocycles. The molecule has 100 valence electrons. The van der Waals surface area contributed by atoms with Gasteiger partial charge in [0.25, 0.3) is 0 Å². The minimum atomic E-state index is -4.66. The molecule has 0 heterocycles. The maximum Gasteiger partial charge on any atom is 0.573 e. The van der Waals surface area contributed by atoms with Gasteiger partial charge in [-0.2, -0.15) is 0 Å². The highest BCUT2D eigenvalue weighted by molar-refractivity contribution is 5.30. The van der Waals surface area contributed by atoms with Crippen molar-refractivity contribution in [3.05, 3.63) is 29.8 Å². The van der Waals surface area contributed by atoms with E-state index < -0.39 is 12.5 Å². The fraction of sp³-hybridized carbons (Fsp3) is 0.538. The number of hydrogen-bond acceptors (Lipinski definition) is 2. The molecule has 5 heteroatoms. The molecule has 0 radical (unpaired) electrons. The Morgan fingerprint density at radius 1 is 1.06 bits per heavy atom. The van der Waals surface area contributed by atoms with Crippen LogP contribution in [0.15, 0.2) is 24.3 Å². The van der Waals surface area contributed by atoms with Crippen molar-refractivity contribution >= 4 is 0 Å². The number of alkyl halides is 3. The predicted molar refractivity (Wildman–Crippen MR) is 60.3 cm³/mol. The molecule has 0 amide bonds. The van der Waals surface area contributed by atoms with Crippen molar-refractivity contribution in [2.24, 2.45) is 0 Å². The molecule has 0 bridgehead atoms. The molecule has 1 aromatic carbocycles. The minimum absolute atomic E-state index is 0.0266. The van der Waals surface area contributed by atoms with Gasteiger partial charge in [-0.3, -0.25) is 0 Å². The third-order valence-electron chi connectivity index (χ3n) is 3.27. The average molecular weight is 260 g/mol. The van der Waals surface area contributed by atoms with Gasteiger partial charge in [0.05, 0.1) is 6.10 Å². The number of rotatable bonds is 2. The van der Waals surface area contributed by atoms with Crippen LogP contribution in [0.3, 0.4) is 0 Å². The second-order valence-electron chi connectivity index (χ2n) is 4.58. The maximum absolute atomic E-state index is 12.0. The predicted octanol–water partition coefficient (Wildman–Crippen LogP) is 3.60. The van der Waals surface area contributed by atoms with E-state index in [9.17, 15) is 18.3 Å². The first-order valence-electron chi connectivity index (χ1n) is 5.99. The van der Waals surface area contributed by atoms with Crippen molar-refractivity contribution in [1.29, 1.82) is 0 Å². The minimum Gasteiger partial charge on any atom is -0.406 e. The molecule has 2 rings (SSSR count). The number of benzene rings is 1. The first kappa shape index (κ1) is 13.2. The van der Waals surface area contributed by atoms with E-state index in [1.165, 1.54) is 12.1 Å². The van der Waals surface area contributed by atoms with E-state index >= 15 is 0 Å². The summed E-state index contributed by atoms with van der Waals surface area (Å²) in [4.78, 5) is 0. The zero-order valence-corrected chi connectivity index (χ0v) is 9.78. The van der Waals surface area contributed by atoms with E-state index in [0.717, 1.165) is 31.2 Å². The number of hydrogen-bond donors (Lipinski definition) is 1. The number of halogens is 3. The van der Waals surface area contributed by atoms with Crippen LogP contribution in [0.1, 0.15) is 37.2 Å². The fourth-order valence-corrected chi connectivity index (χ4v) is 2.42. The van der Waals surface area contributed by atoms with Crippen molar-refractivity contribution in [2.45, 2.75) is 44.1 Å². The molecule has 0 unspecified atom stereocenters. The van der Waals surface area contributed by atoms with Crippen LogP contribution >= 0.6 is 0 Å². The summed E-state index contributed by atoms with van der Waals surface area (Å²) < 4.78 is 39.8. The Morgan fingerprint density at radius 3 is 2.22 bits per heavy atom. The number of aliphatic hydroxyl groups excluding tert-OH is 1. The van der Waals surface area contributed by atoms with Crippen LogP contribution in [-0.4, -0.2) is 17.6 Å². The zero-order valence-electron chi connectivity index (χ0n) is 9.78. The Bertz CT molecular complexity index is 386. The van der Waals surface area contributed by atoms with Crippen LogP contribution in [-0.2, 0) is 0 Å². The van der Waals surface area contributed by atoms with Crippen LogP contribution in [0.4, 0.5) is 13.2 Å². The molecule has 2 nitrogen and oxygen atoms in total. The van der Waals surface area contributed by atoms with Crippen molar-refractivity contribution in [1.82, 2.24) is 0 Å². The molecular formula is C13H15F3O2. The third kappa shape index (κ3) is 3.38. The van der Waals surface area contributed by atoms with Crippen molar-refractivity contribution in [2.75, 3.05) is 0 Å². The van der Waals surface area contributed by atoms with Gasteiger partial charge in [0, 0.05) is 5.92 Å². The van der Waals surface area contributed by atoms with Crippen molar-refractivity contribution in [3.8, 4) is 5.75 Å². The normalized spacial score (nSPS) is 24.9. The summed E-state index contributed by atoms with van der Waals surface area (Å²) in [6.07, 6.45) is -1.37. The third-order valence-corrected chi connectivity index (χ3v) is 3.27. The second-order valence-corrected chi connectivity index (χ2v) is 4.58. The van der Waals surface area contributed by atoms with Crippen molar-refractivity contribution in [3.63, 3.8) is 0 Å². The summed E-state index contributed by atoms with van der Waals surface area (Å²) in [6, 6.07) is 5.79. The van der Waals surface area contributed by atoms with E-state index in [-0.39, 0.29) is 11.7 Å². The van der Waals surface area contributed by atoms with E-state index in [2.05, 4.69) is 4.74 Å². The molecule has 18 heavy (non-hydrogen) atoms. The molecule has 0 aromatic heterocycles. The molecule has 2 atom stereocenters. The SMILES string of the molecule is O[C@@H]1CCCC[C@H]1c1ccc(OC(F)(F)F)cc1. The zero-order chi connectivity index (χ0) is 13.2. The lowest BCUT2D eigenvalue weighted by Crippen LogP contribution is -2.22. The molecule has 1 aliphatic rings. The van der Waals surface area contributed by atoms with Crippen molar-refractivity contribution < 1.29 is 23.0 Å². The largest absolute Gasteiger partial charge is 0.573 e. The highest BCUT2D eigenvalue weighted by Gasteiger charge is 2.31. The monoisotopic (exact) mass is 260 g/mol. The maximum atomic E-state index is 12.0. The van der Waals surface area contributed by atoms with Gasteiger partial charge in [-0.15, -0.1) is 13.2 Å². The van der Waals surface area contributed by atoms with Gasteiger partial charge in [-0.25, -0.2) is 0 Å². The molecule has 1 aromatic rings. The Morgan fingerprint density at radius 2 is 1.67 bits per heavy atom.